The van der Waals surface area contributed by atoms with Crippen LogP contribution in [0.3, 0.4) is 0 Å². The van der Waals surface area contributed by atoms with Crippen molar-refractivity contribution in [3.05, 3.63) is 35.5 Å². The van der Waals surface area contributed by atoms with Gasteiger partial charge in [0.1, 0.15) is 11.9 Å². The fourth-order valence-electron chi connectivity index (χ4n) is 4.39. The van der Waals surface area contributed by atoms with Crippen LogP contribution in [0.15, 0.2) is 24.3 Å². The smallest absolute Gasteiger partial charge is 0.419 e. The van der Waals surface area contributed by atoms with Crippen LogP contribution >= 0.6 is 0 Å². The van der Waals surface area contributed by atoms with Gasteiger partial charge in [-0.3, -0.25) is 4.79 Å². The third-order valence-corrected chi connectivity index (χ3v) is 5.33. The van der Waals surface area contributed by atoms with Crippen LogP contribution in [-0.2, 0) is 20.7 Å². The van der Waals surface area contributed by atoms with Crippen LogP contribution in [-0.4, -0.2) is 39.4 Å². The first-order valence-electron chi connectivity index (χ1n) is 9.44. The van der Waals surface area contributed by atoms with Crippen LogP contribution in [0.5, 0.6) is 0 Å². The van der Waals surface area contributed by atoms with Gasteiger partial charge in [0.2, 0.25) is 5.91 Å². The molecule has 1 amide bonds. The summed E-state index contributed by atoms with van der Waals surface area (Å²) in [5, 5.41) is 0.947. The van der Waals surface area contributed by atoms with Gasteiger partial charge in [0, 0.05) is 18.2 Å². The molecule has 3 heterocycles. The first-order chi connectivity index (χ1) is 12.8. The maximum atomic E-state index is 13.1. The molecule has 142 valence electrons. The van der Waals surface area contributed by atoms with Gasteiger partial charge < -0.3 is 14.4 Å². The Labute approximate surface area is 158 Å². The molecule has 6 nitrogen and oxygen atoms in total. The average Bonchev–Trinajstić information content (AvgIpc) is 2.94. The fourth-order valence-corrected chi connectivity index (χ4v) is 4.39. The van der Waals surface area contributed by atoms with Crippen LogP contribution in [0.1, 0.15) is 57.3 Å². The summed E-state index contributed by atoms with van der Waals surface area (Å²) >= 11 is 0. The zero-order chi connectivity index (χ0) is 19.3. The Kier molecular flexibility index (Phi) is 4.09. The molecule has 2 aliphatic rings. The lowest BCUT2D eigenvalue weighted by Crippen LogP contribution is -2.50. The van der Waals surface area contributed by atoms with Crippen molar-refractivity contribution in [3.8, 4) is 0 Å². The van der Waals surface area contributed by atoms with E-state index >= 15 is 0 Å². The molecule has 0 N–H and O–H groups in total. The number of rotatable bonds is 1. The van der Waals surface area contributed by atoms with Gasteiger partial charge in [-0.2, -0.15) is 0 Å². The molecule has 2 aromatic rings. The normalized spacial score (nSPS) is 22.3. The Morgan fingerprint density at radius 1 is 1.26 bits per heavy atom. The Morgan fingerprint density at radius 2 is 2.00 bits per heavy atom. The number of amides is 1. The quantitative estimate of drug-likeness (QED) is 0.721. The van der Waals surface area contributed by atoms with Crippen LogP contribution < -0.4 is 0 Å². The highest BCUT2D eigenvalue weighted by Crippen LogP contribution is 2.43. The van der Waals surface area contributed by atoms with Crippen LogP contribution in [0.2, 0.25) is 0 Å². The van der Waals surface area contributed by atoms with Crippen LogP contribution in [0.4, 0.5) is 4.79 Å². The monoisotopic (exact) mass is 368 g/mol. The Morgan fingerprint density at radius 3 is 2.70 bits per heavy atom. The summed E-state index contributed by atoms with van der Waals surface area (Å²) in [5.41, 5.74) is 1.92. The summed E-state index contributed by atoms with van der Waals surface area (Å²) in [6.07, 6.45) is 2.78. The number of carbonyl (C=O) groups excluding carboxylic acids is 3. The van der Waals surface area contributed by atoms with Gasteiger partial charge in [0.25, 0.3) is 0 Å². The second-order valence-electron chi connectivity index (χ2n) is 8.31. The lowest BCUT2D eigenvalue weighted by molar-refractivity contribution is -0.143. The summed E-state index contributed by atoms with van der Waals surface area (Å²) in [6, 6.07) is 6.92. The minimum absolute atomic E-state index is 0.0185. The molecule has 0 aliphatic carbocycles. The number of aldehydes is 1. The van der Waals surface area contributed by atoms with Gasteiger partial charge in [0.15, 0.2) is 0 Å². The SMILES string of the molecule is CC(C)(C)OC(=O)n1c2c(c3ccccc31)C[C@@H](C=O)N1C(=O)CCC[C@H]21. The molecule has 1 aromatic heterocycles. The predicted molar refractivity (Wildman–Crippen MR) is 101 cm³/mol. The van der Waals surface area contributed by atoms with Crippen molar-refractivity contribution in [2.24, 2.45) is 0 Å². The van der Waals surface area contributed by atoms with Gasteiger partial charge in [-0.05, 0) is 45.2 Å². The van der Waals surface area contributed by atoms with Crippen molar-refractivity contribution in [2.45, 2.75) is 64.1 Å². The van der Waals surface area contributed by atoms with E-state index in [4.69, 9.17) is 4.74 Å². The summed E-state index contributed by atoms with van der Waals surface area (Å²) < 4.78 is 7.29. The average molecular weight is 368 g/mol. The van der Waals surface area contributed by atoms with Gasteiger partial charge >= 0.3 is 6.09 Å². The van der Waals surface area contributed by atoms with E-state index in [1.165, 1.54) is 0 Å². The predicted octanol–water partition coefficient (Wildman–Crippen LogP) is 3.60. The zero-order valence-electron chi connectivity index (χ0n) is 15.9. The van der Waals surface area contributed by atoms with E-state index in [1.54, 1.807) is 9.47 Å². The maximum absolute atomic E-state index is 13.1. The number of hydrogen-bond donors (Lipinski definition) is 0. The molecule has 27 heavy (non-hydrogen) atoms. The fraction of sp³-hybridized carbons (Fsp3) is 0.476. The second kappa shape index (κ2) is 6.22. The molecule has 6 heteroatoms. The summed E-state index contributed by atoms with van der Waals surface area (Å²) in [4.78, 5) is 39.1. The maximum Gasteiger partial charge on any atom is 0.419 e. The van der Waals surface area contributed by atoms with E-state index in [0.29, 0.717) is 12.8 Å². The number of piperidine rings is 1. The summed E-state index contributed by atoms with van der Waals surface area (Å²) in [7, 11) is 0. The molecule has 0 unspecified atom stereocenters. The van der Waals surface area contributed by atoms with Crippen LogP contribution in [0.25, 0.3) is 10.9 Å². The number of benzene rings is 1. The lowest BCUT2D eigenvalue weighted by atomic mass is 9.86. The molecule has 1 saturated heterocycles. The number of para-hydroxylation sites is 1. The Bertz CT molecular complexity index is 938. The molecular formula is C21H24N2O4. The lowest BCUT2D eigenvalue weighted by Gasteiger charge is -2.43. The second-order valence-corrected chi connectivity index (χ2v) is 8.31. The molecule has 0 spiro atoms. The largest absolute Gasteiger partial charge is 0.443 e. The minimum Gasteiger partial charge on any atom is -0.443 e. The molecule has 1 fully saturated rings. The van der Waals surface area contributed by atoms with Crippen molar-refractivity contribution in [3.63, 3.8) is 0 Å². The van der Waals surface area contributed by atoms with Crippen LogP contribution in [0, 0.1) is 0 Å². The highest BCUT2D eigenvalue weighted by atomic mass is 16.6. The van der Waals surface area contributed by atoms with Gasteiger partial charge in [-0.25, -0.2) is 9.36 Å². The number of aromatic nitrogens is 1. The third kappa shape index (κ3) is 2.83. The zero-order valence-corrected chi connectivity index (χ0v) is 15.9. The molecule has 1 aromatic carbocycles. The molecule has 2 aliphatic heterocycles. The van der Waals surface area contributed by atoms with Crippen molar-refractivity contribution in [2.75, 3.05) is 0 Å². The number of carbonyl (C=O) groups is 3. The molecule has 2 atom stereocenters. The Hall–Kier alpha value is -2.63. The third-order valence-electron chi connectivity index (χ3n) is 5.33. The van der Waals surface area contributed by atoms with Gasteiger partial charge in [0.05, 0.1) is 23.3 Å². The van der Waals surface area contributed by atoms with Crippen molar-refractivity contribution in [1.82, 2.24) is 9.47 Å². The topological polar surface area (TPSA) is 68.6 Å². The van der Waals surface area contributed by atoms with Gasteiger partial charge in [-0.15, -0.1) is 0 Å². The first-order valence-corrected chi connectivity index (χ1v) is 9.44. The van der Waals surface area contributed by atoms with E-state index < -0.39 is 17.7 Å². The van der Waals surface area contributed by atoms with E-state index in [0.717, 1.165) is 41.3 Å². The standard InChI is InChI=1S/C21H24N2O4/c1-21(2,3)27-20(26)23-16-8-5-4-7-14(16)15-11-13(12-24)22-17(19(15)23)9-6-10-18(22)25/h4-5,7-8,12-13,17H,6,9-11H2,1-3H3/t13-,17+/m0/s1. The molecule has 0 bridgehead atoms. The van der Waals surface area contributed by atoms with E-state index in [9.17, 15) is 14.4 Å². The molecule has 0 radical (unpaired) electrons. The number of nitrogens with zero attached hydrogens (tertiary/aromatic N) is 2. The van der Waals surface area contributed by atoms with E-state index in [-0.39, 0.29) is 11.9 Å². The van der Waals surface area contributed by atoms with Crippen molar-refractivity contribution >= 4 is 29.2 Å². The highest BCUT2D eigenvalue weighted by Gasteiger charge is 2.43. The number of ether oxygens (including phenoxy) is 1. The summed E-state index contributed by atoms with van der Waals surface area (Å²) in [6.45, 7) is 5.51. The number of fused-ring (bicyclic) bond motifs is 5. The Balaban J connectivity index is 1.95. The van der Waals surface area contributed by atoms with E-state index in [1.807, 2.05) is 45.0 Å². The van der Waals surface area contributed by atoms with Crippen molar-refractivity contribution in [1.29, 1.82) is 0 Å². The minimum atomic E-state index is -0.628. The summed E-state index contributed by atoms with van der Waals surface area (Å²) in [5.74, 6) is -0.0185. The van der Waals surface area contributed by atoms with E-state index in [2.05, 4.69) is 0 Å². The first kappa shape index (κ1) is 17.8. The highest BCUT2D eigenvalue weighted by molar-refractivity contribution is 5.95. The molecular weight excluding hydrogens is 344 g/mol. The molecule has 4 rings (SSSR count). The molecule has 0 saturated carbocycles. The van der Waals surface area contributed by atoms with Crippen molar-refractivity contribution < 1.29 is 19.1 Å². The number of hydrogen-bond acceptors (Lipinski definition) is 4. The van der Waals surface area contributed by atoms with Gasteiger partial charge in [-0.1, -0.05) is 18.2 Å².